The standard InChI is InChI=1S/C16H22N2O3/c1-2-18(10-12-6-4-8-21-12)15-13(16(19)20)9-11-5-3-7-14(11)17-15/h9,12H,2-8,10H2,1H3,(H,19,20). The van der Waals surface area contributed by atoms with Crippen LogP contribution >= 0.6 is 0 Å². The van der Waals surface area contributed by atoms with Crippen LogP contribution in [0.3, 0.4) is 0 Å². The Morgan fingerprint density at radius 1 is 1.48 bits per heavy atom. The molecule has 2 aliphatic rings. The van der Waals surface area contributed by atoms with E-state index in [9.17, 15) is 9.90 Å². The van der Waals surface area contributed by atoms with E-state index < -0.39 is 5.97 Å². The molecule has 21 heavy (non-hydrogen) atoms. The molecule has 1 aromatic heterocycles. The minimum absolute atomic E-state index is 0.196. The molecule has 1 aliphatic heterocycles. The molecule has 0 amide bonds. The first kappa shape index (κ1) is 14.3. The van der Waals surface area contributed by atoms with Crippen molar-refractivity contribution in [3.8, 4) is 0 Å². The van der Waals surface area contributed by atoms with Gasteiger partial charge in [0.2, 0.25) is 0 Å². The van der Waals surface area contributed by atoms with Gasteiger partial charge in [0.25, 0.3) is 0 Å². The van der Waals surface area contributed by atoms with Crippen molar-refractivity contribution >= 4 is 11.8 Å². The first-order chi connectivity index (χ1) is 10.2. The summed E-state index contributed by atoms with van der Waals surface area (Å²) in [6.45, 7) is 4.32. The highest BCUT2D eigenvalue weighted by Gasteiger charge is 2.25. The van der Waals surface area contributed by atoms with Crippen LogP contribution in [0.5, 0.6) is 0 Å². The Hall–Kier alpha value is -1.62. The summed E-state index contributed by atoms with van der Waals surface area (Å²) in [5.74, 6) is -0.279. The van der Waals surface area contributed by atoms with Gasteiger partial charge in [0, 0.05) is 25.4 Å². The third-order valence-electron chi connectivity index (χ3n) is 4.39. The summed E-state index contributed by atoms with van der Waals surface area (Å²) in [7, 11) is 0. The van der Waals surface area contributed by atoms with Crippen molar-refractivity contribution in [1.29, 1.82) is 0 Å². The molecule has 1 saturated heterocycles. The third-order valence-corrected chi connectivity index (χ3v) is 4.39. The second-order valence-electron chi connectivity index (χ2n) is 5.80. The molecule has 114 valence electrons. The zero-order valence-electron chi connectivity index (χ0n) is 12.5. The van der Waals surface area contributed by atoms with E-state index in [0.717, 1.165) is 63.1 Å². The fourth-order valence-corrected chi connectivity index (χ4v) is 3.26. The Labute approximate surface area is 124 Å². The van der Waals surface area contributed by atoms with Crippen molar-refractivity contribution in [2.24, 2.45) is 0 Å². The average Bonchev–Trinajstić information content (AvgIpc) is 3.14. The predicted octanol–water partition coefficient (Wildman–Crippen LogP) is 2.27. The number of pyridine rings is 1. The maximum atomic E-state index is 11.6. The van der Waals surface area contributed by atoms with Gasteiger partial charge >= 0.3 is 5.97 Å². The Kier molecular flexibility index (Phi) is 4.10. The maximum Gasteiger partial charge on any atom is 0.339 e. The number of likely N-dealkylation sites (N-methyl/N-ethyl adjacent to an activating group) is 1. The molecule has 5 heteroatoms. The second kappa shape index (κ2) is 6.02. The number of carboxylic acid groups (broad SMARTS) is 1. The number of nitrogens with zero attached hydrogens (tertiary/aromatic N) is 2. The number of aromatic nitrogens is 1. The Morgan fingerprint density at radius 2 is 2.33 bits per heavy atom. The molecule has 0 bridgehead atoms. The van der Waals surface area contributed by atoms with E-state index >= 15 is 0 Å². The van der Waals surface area contributed by atoms with E-state index in [-0.39, 0.29) is 6.10 Å². The lowest BCUT2D eigenvalue weighted by Gasteiger charge is -2.26. The molecule has 1 atom stereocenters. The van der Waals surface area contributed by atoms with Gasteiger partial charge in [-0.25, -0.2) is 9.78 Å². The lowest BCUT2D eigenvalue weighted by Crippen LogP contribution is -2.34. The number of ether oxygens (including phenoxy) is 1. The maximum absolute atomic E-state index is 11.6. The van der Waals surface area contributed by atoms with Gasteiger partial charge in [-0.1, -0.05) is 0 Å². The normalized spacial score (nSPS) is 20.5. The van der Waals surface area contributed by atoms with Gasteiger partial charge in [-0.2, -0.15) is 0 Å². The fourth-order valence-electron chi connectivity index (χ4n) is 3.26. The van der Waals surface area contributed by atoms with Crippen LogP contribution in [0.4, 0.5) is 5.82 Å². The molecule has 0 spiro atoms. The average molecular weight is 290 g/mol. The van der Waals surface area contributed by atoms with Crippen molar-refractivity contribution in [2.75, 3.05) is 24.6 Å². The number of aromatic carboxylic acids is 1. The first-order valence-corrected chi connectivity index (χ1v) is 7.81. The van der Waals surface area contributed by atoms with Gasteiger partial charge in [-0.15, -0.1) is 0 Å². The fraction of sp³-hybridized carbons (Fsp3) is 0.625. The first-order valence-electron chi connectivity index (χ1n) is 7.81. The van der Waals surface area contributed by atoms with Gasteiger partial charge in [0.05, 0.1) is 6.10 Å². The second-order valence-corrected chi connectivity index (χ2v) is 5.80. The number of hydrogen-bond acceptors (Lipinski definition) is 4. The van der Waals surface area contributed by atoms with Gasteiger partial charge in [0.15, 0.2) is 0 Å². The Morgan fingerprint density at radius 3 is 3.00 bits per heavy atom. The zero-order chi connectivity index (χ0) is 14.8. The Balaban J connectivity index is 1.92. The molecular formula is C16H22N2O3. The lowest BCUT2D eigenvalue weighted by atomic mass is 10.1. The van der Waals surface area contributed by atoms with E-state index in [4.69, 9.17) is 4.74 Å². The van der Waals surface area contributed by atoms with Crippen LogP contribution in [0.15, 0.2) is 6.07 Å². The van der Waals surface area contributed by atoms with Gasteiger partial charge in [-0.05, 0) is 50.7 Å². The molecular weight excluding hydrogens is 268 g/mol. The number of hydrogen-bond donors (Lipinski definition) is 1. The molecule has 3 rings (SSSR count). The molecule has 1 fully saturated rings. The minimum atomic E-state index is -0.891. The van der Waals surface area contributed by atoms with Crippen LogP contribution in [-0.4, -0.2) is 41.9 Å². The van der Waals surface area contributed by atoms with Crippen molar-refractivity contribution in [3.05, 3.63) is 22.9 Å². The molecule has 2 heterocycles. The molecule has 1 aromatic rings. The highest BCUT2D eigenvalue weighted by Crippen LogP contribution is 2.28. The largest absolute Gasteiger partial charge is 0.478 e. The number of aryl methyl sites for hydroxylation is 2. The van der Waals surface area contributed by atoms with E-state index in [1.54, 1.807) is 0 Å². The monoisotopic (exact) mass is 290 g/mol. The van der Waals surface area contributed by atoms with E-state index in [1.165, 1.54) is 0 Å². The summed E-state index contributed by atoms with van der Waals surface area (Å²) in [4.78, 5) is 18.3. The summed E-state index contributed by atoms with van der Waals surface area (Å²) in [5, 5.41) is 9.50. The van der Waals surface area contributed by atoms with Crippen molar-refractivity contribution in [3.63, 3.8) is 0 Å². The number of carboxylic acids is 1. The quantitative estimate of drug-likeness (QED) is 0.901. The molecule has 1 N–H and O–H groups in total. The van der Waals surface area contributed by atoms with Crippen LogP contribution in [0.2, 0.25) is 0 Å². The molecule has 1 aliphatic carbocycles. The molecule has 5 nitrogen and oxygen atoms in total. The summed E-state index contributed by atoms with van der Waals surface area (Å²) >= 11 is 0. The highest BCUT2D eigenvalue weighted by atomic mass is 16.5. The number of fused-ring (bicyclic) bond motifs is 1. The van der Waals surface area contributed by atoms with Gasteiger partial charge in [-0.3, -0.25) is 0 Å². The van der Waals surface area contributed by atoms with Crippen LogP contribution in [-0.2, 0) is 17.6 Å². The molecule has 1 unspecified atom stereocenters. The van der Waals surface area contributed by atoms with Crippen molar-refractivity contribution in [1.82, 2.24) is 4.98 Å². The molecule has 0 saturated carbocycles. The molecule has 0 aromatic carbocycles. The smallest absolute Gasteiger partial charge is 0.339 e. The van der Waals surface area contributed by atoms with Crippen LogP contribution < -0.4 is 4.90 Å². The SMILES string of the molecule is CCN(CC1CCCO1)c1nc2c(cc1C(=O)O)CCC2. The minimum Gasteiger partial charge on any atom is -0.478 e. The van der Waals surface area contributed by atoms with Crippen LogP contribution in [0.1, 0.15) is 47.8 Å². The van der Waals surface area contributed by atoms with Gasteiger partial charge in [0.1, 0.15) is 11.4 Å². The van der Waals surface area contributed by atoms with Crippen molar-refractivity contribution < 1.29 is 14.6 Å². The third kappa shape index (κ3) is 2.88. The highest BCUT2D eigenvalue weighted by molar-refractivity contribution is 5.93. The van der Waals surface area contributed by atoms with Crippen LogP contribution in [0, 0.1) is 0 Å². The number of carbonyl (C=O) groups is 1. The zero-order valence-corrected chi connectivity index (χ0v) is 12.5. The lowest BCUT2D eigenvalue weighted by molar-refractivity contribution is 0.0696. The van der Waals surface area contributed by atoms with E-state index in [1.807, 2.05) is 13.0 Å². The van der Waals surface area contributed by atoms with E-state index in [0.29, 0.717) is 11.4 Å². The Bertz CT molecular complexity index is 539. The summed E-state index contributed by atoms with van der Waals surface area (Å²) in [6.07, 6.45) is 5.31. The molecule has 0 radical (unpaired) electrons. The number of anilines is 1. The summed E-state index contributed by atoms with van der Waals surface area (Å²) in [6, 6.07) is 1.82. The predicted molar refractivity (Wildman–Crippen MR) is 80.1 cm³/mol. The van der Waals surface area contributed by atoms with Gasteiger partial charge < -0.3 is 14.7 Å². The summed E-state index contributed by atoms with van der Waals surface area (Å²) < 4.78 is 5.68. The topological polar surface area (TPSA) is 62.7 Å². The number of rotatable bonds is 5. The van der Waals surface area contributed by atoms with Crippen molar-refractivity contribution in [2.45, 2.75) is 45.1 Å². The van der Waals surface area contributed by atoms with E-state index in [2.05, 4.69) is 9.88 Å². The van der Waals surface area contributed by atoms with Crippen LogP contribution in [0.25, 0.3) is 0 Å². The summed E-state index contributed by atoms with van der Waals surface area (Å²) in [5.41, 5.74) is 2.50.